The van der Waals surface area contributed by atoms with Crippen LogP contribution in [0.2, 0.25) is 0 Å². The summed E-state index contributed by atoms with van der Waals surface area (Å²) in [5.74, 6) is -1.04. The zero-order chi connectivity index (χ0) is 23.7. The molecule has 0 saturated heterocycles. The molecule has 0 spiro atoms. The summed E-state index contributed by atoms with van der Waals surface area (Å²) in [4.78, 5) is 22.9. The predicted molar refractivity (Wildman–Crippen MR) is 131 cm³/mol. The second kappa shape index (κ2) is 8.90. The molecule has 0 radical (unpaired) electrons. The third kappa shape index (κ3) is 3.94. The molecule has 1 N–H and O–H groups in total. The average molecular weight is 452 g/mol. The normalized spacial score (nSPS) is 11.1. The largest absolute Gasteiger partial charge is 0.504 e. The lowest BCUT2D eigenvalue weighted by Gasteiger charge is -2.17. The molecule has 34 heavy (non-hydrogen) atoms. The van der Waals surface area contributed by atoms with Crippen LogP contribution in [0.25, 0.3) is 33.4 Å². The Morgan fingerprint density at radius 2 is 1.79 bits per heavy atom. The third-order valence-electron chi connectivity index (χ3n) is 5.94. The van der Waals surface area contributed by atoms with E-state index in [1.165, 1.54) is 16.7 Å². The summed E-state index contributed by atoms with van der Waals surface area (Å²) in [7, 11) is 0. The standard InChI is InChI=1S/C28H22FN3O2/c1-18-25(21-12-13-24-20(17-21)9-6-15-30-24)28(34)32(16-14-19-7-3-2-4-8-19)27(31-18)22-10-5-11-23(29)26(22)33/h2-13,15,17,33H,14,16H2,1H3. The highest BCUT2D eigenvalue weighted by Gasteiger charge is 2.20. The summed E-state index contributed by atoms with van der Waals surface area (Å²) >= 11 is 0. The van der Waals surface area contributed by atoms with E-state index < -0.39 is 11.6 Å². The lowest BCUT2D eigenvalue weighted by atomic mass is 10.0. The minimum absolute atomic E-state index is 0.183. The Hall–Kier alpha value is -4.32. The number of hydrogen-bond acceptors (Lipinski definition) is 4. The lowest BCUT2D eigenvalue weighted by Crippen LogP contribution is -2.27. The Kier molecular flexibility index (Phi) is 5.64. The van der Waals surface area contributed by atoms with Crippen molar-refractivity contribution in [1.29, 1.82) is 0 Å². The van der Waals surface area contributed by atoms with E-state index in [1.54, 1.807) is 19.2 Å². The quantitative estimate of drug-likeness (QED) is 0.382. The van der Waals surface area contributed by atoms with E-state index in [1.807, 2.05) is 60.7 Å². The highest BCUT2D eigenvalue weighted by atomic mass is 19.1. The number of phenolic OH excluding ortho intramolecular Hbond substituents is 1. The van der Waals surface area contributed by atoms with Gasteiger partial charge in [0.25, 0.3) is 5.56 Å². The van der Waals surface area contributed by atoms with Crippen molar-refractivity contribution >= 4 is 10.9 Å². The number of para-hydroxylation sites is 1. The summed E-state index contributed by atoms with van der Waals surface area (Å²) in [6.45, 7) is 2.08. The zero-order valence-electron chi connectivity index (χ0n) is 18.6. The molecule has 0 saturated carbocycles. The maximum absolute atomic E-state index is 14.2. The smallest absolute Gasteiger partial charge is 0.261 e. The van der Waals surface area contributed by atoms with Crippen molar-refractivity contribution in [3.8, 4) is 28.3 Å². The van der Waals surface area contributed by atoms with Gasteiger partial charge in [-0.3, -0.25) is 14.3 Å². The first kappa shape index (κ1) is 21.5. The second-order valence-electron chi connectivity index (χ2n) is 8.14. The van der Waals surface area contributed by atoms with Gasteiger partial charge in [-0.2, -0.15) is 0 Å². The van der Waals surface area contributed by atoms with E-state index in [9.17, 15) is 14.3 Å². The van der Waals surface area contributed by atoms with Crippen molar-refractivity contribution in [2.24, 2.45) is 0 Å². The van der Waals surface area contributed by atoms with E-state index >= 15 is 0 Å². The van der Waals surface area contributed by atoms with E-state index in [0.29, 0.717) is 24.2 Å². The topological polar surface area (TPSA) is 68.0 Å². The van der Waals surface area contributed by atoms with Crippen LogP contribution in [0.1, 0.15) is 11.3 Å². The minimum atomic E-state index is -0.759. The number of hydrogen-bond donors (Lipinski definition) is 1. The number of pyridine rings is 1. The molecule has 0 aliphatic rings. The van der Waals surface area contributed by atoms with Crippen LogP contribution in [-0.4, -0.2) is 19.6 Å². The molecule has 5 nitrogen and oxygen atoms in total. The molecule has 6 heteroatoms. The number of benzene rings is 3. The molecular formula is C28H22FN3O2. The van der Waals surface area contributed by atoms with Gasteiger partial charge in [0.1, 0.15) is 5.82 Å². The van der Waals surface area contributed by atoms with Gasteiger partial charge in [0.15, 0.2) is 11.6 Å². The molecule has 0 unspecified atom stereocenters. The van der Waals surface area contributed by atoms with Crippen LogP contribution in [-0.2, 0) is 13.0 Å². The molecule has 0 aliphatic carbocycles. The number of nitrogens with zero attached hydrogens (tertiary/aromatic N) is 3. The molecule has 0 fully saturated rings. The van der Waals surface area contributed by atoms with E-state index in [4.69, 9.17) is 4.98 Å². The molecule has 2 heterocycles. The summed E-state index contributed by atoms with van der Waals surface area (Å²) in [6.07, 6.45) is 2.31. The van der Waals surface area contributed by atoms with Gasteiger partial charge in [0.2, 0.25) is 0 Å². The summed E-state index contributed by atoms with van der Waals surface area (Å²) in [6, 6.07) is 23.5. The van der Waals surface area contributed by atoms with Crippen LogP contribution < -0.4 is 5.56 Å². The molecule has 2 aromatic heterocycles. The van der Waals surface area contributed by atoms with E-state index in [2.05, 4.69) is 4.98 Å². The Morgan fingerprint density at radius 3 is 2.62 bits per heavy atom. The van der Waals surface area contributed by atoms with Gasteiger partial charge in [0, 0.05) is 18.1 Å². The van der Waals surface area contributed by atoms with Crippen LogP contribution >= 0.6 is 0 Å². The van der Waals surface area contributed by atoms with Gasteiger partial charge in [-0.25, -0.2) is 9.37 Å². The highest BCUT2D eigenvalue weighted by molar-refractivity contribution is 5.84. The minimum Gasteiger partial charge on any atom is -0.504 e. The maximum atomic E-state index is 14.2. The fourth-order valence-corrected chi connectivity index (χ4v) is 4.22. The molecule has 5 rings (SSSR count). The van der Waals surface area contributed by atoms with Crippen molar-refractivity contribution in [2.75, 3.05) is 0 Å². The highest BCUT2D eigenvalue weighted by Crippen LogP contribution is 2.31. The zero-order valence-corrected chi connectivity index (χ0v) is 18.6. The number of aromatic nitrogens is 3. The fourth-order valence-electron chi connectivity index (χ4n) is 4.22. The van der Waals surface area contributed by atoms with Gasteiger partial charge in [0.05, 0.1) is 22.3 Å². The Bertz CT molecular complexity index is 1560. The van der Waals surface area contributed by atoms with Crippen molar-refractivity contribution in [2.45, 2.75) is 19.9 Å². The van der Waals surface area contributed by atoms with Crippen LogP contribution in [0.3, 0.4) is 0 Å². The summed E-state index contributed by atoms with van der Waals surface area (Å²) in [5.41, 5.74) is 3.54. The molecule has 5 aromatic rings. The first-order chi connectivity index (χ1) is 16.5. The van der Waals surface area contributed by atoms with E-state index in [-0.39, 0.29) is 16.9 Å². The Morgan fingerprint density at radius 1 is 0.971 bits per heavy atom. The maximum Gasteiger partial charge on any atom is 0.261 e. The monoisotopic (exact) mass is 451 g/mol. The predicted octanol–water partition coefficient (Wildman–Crippen LogP) is 5.52. The third-order valence-corrected chi connectivity index (χ3v) is 5.94. The molecule has 0 atom stereocenters. The van der Waals surface area contributed by atoms with Crippen LogP contribution in [0.4, 0.5) is 4.39 Å². The molecule has 0 bridgehead atoms. The molecule has 3 aromatic carbocycles. The van der Waals surface area contributed by atoms with Gasteiger partial charge < -0.3 is 5.11 Å². The van der Waals surface area contributed by atoms with Gasteiger partial charge in [-0.1, -0.05) is 48.5 Å². The van der Waals surface area contributed by atoms with E-state index in [0.717, 1.165) is 22.0 Å². The van der Waals surface area contributed by atoms with Crippen LogP contribution in [0, 0.1) is 12.7 Å². The van der Waals surface area contributed by atoms with Crippen molar-refractivity contribution < 1.29 is 9.50 Å². The summed E-state index contributed by atoms with van der Waals surface area (Å²) in [5, 5.41) is 11.3. The van der Waals surface area contributed by atoms with Crippen molar-refractivity contribution in [3.05, 3.63) is 112 Å². The first-order valence-electron chi connectivity index (χ1n) is 11.0. The van der Waals surface area contributed by atoms with Gasteiger partial charge in [-0.15, -0.1) is 0 Å². The second-order valence-corrected chi connectivity index (χ2v) is 8.14. The van der Waals surface area contributed by atoms with Crippen molar-refractivity contribution in [1.82, 2.24) is 14.5 Å². The van der Waals surface area contributed by atoms with Crippen molar-refractivity contribution in [3.63, 3.8) is 0 Å². The fraction of sp³-hybridized carbons (Fsp3) is 0.107. The molecule has 0 amide bonds. The molecular weight excluding hydrogens is 429 g/mol. The summed E-state index contributed by atoms with van der Waals surface area (Å²) < 4.78 is 15.7. The lowest BCUT2D eigenvalue weighted by molar-refractivity contribution is 0.433. The molecule has 0 aliphatic heterocycles. The number of phenols is 1. The number of aryl methyl sites for hydroxylation is 2. The first-order valence-corrected chi connectivity index (χ1v) is 11.0. The number of fused-ring (bicyclic) bond motifs is 1. The average Bonchev–Trinajstić information content (AvgIpc) is 2.85. The Balaban J connectivity index is 1.70. The SMILES string of the molecule is Cc1nc(-c2cccc(F)c2O)n(CCc2ccccc2)c(=O)c1-c1ccc2ncccc2c1. The van der Waals surface area contributed by atoms with Crippen LogP contribution in [0.15, 0.2) is 89.9 Å². The van der Waals surface area contributed by atoms with Crippen LogP contribution in [0.5, 0.6) is 5.75 Å². The van der Waals surface area contributed by atoms with Gasteiger partial charge in [-0.05, 0) is 54.8 Å². The Labute approximate surface area is 195 Å². The molecule has 168 valence electrons. The number of rotatable bonds is 5. The number of halogens is 1. The van der Waals surface area contributed by atoms with Gasteiger partial charge >= 0.3 is 0 Å². The number of aromatic hydroxyl groups is 1.